The van der Waals surface area contributed by atoms with Crippen LogP contribution >= 0.6 is 22.9 Å². The summed E-state index contributed by atoms with van der Waals surface area (Å²) < 4.78 is 7.73. The minimum Gasteiger partial charge on any atom is -0.368 e. The fourth-order valence-electron chi connectivity index (χ4n) is 3.60. The van der Waals surface area contributed by atoms with E-state index in [4.69, 9.17) is 21.3 Å². The number of fused-ring (bicyclic) bond motifs is 3. The SMILES string of the molecule is Cc1sc2c(c1C)C(c1ccc(Cl)cc1)=NC(CC(O)OC(C)(C)C)c1nncn1-2. The molecule has 2 atom stereocenters. The van der Waals surface area contributed by atoms with Gasteiger partial charge in [-0.15, -0.1) is 21.5 Å². The molecule has 6 nitrogen and oxygen atoms in total. The molecule has 0 saturated carbocycles. The standard InChI is InChI=1S/C22H25ClN4O2S/c1-12-13(2)30-21-18(12)19(14-6-8-15(23)9-7-14)25-16(20-26-24-11-27(20)21)10-17(28)29-22(3,4)5/h6-9,11,16-17,28H,10H2,1-5H3. The molecule has 3 aromatic rings. The predicted octanol–water partition coefficient (Wildman–Crippen LogP) is 5.01. The Labute approximate surface area is 185 Å². The lowest BCUT2D eigenvalue weighted by Gasteiger charge is -2.25. The van der Waals surface area contributed by atoms with Gasteiger partial charge in [0.1, 0.15) is 17.4 Å². The molecule has 158 valence electrons. The number of hydrogen-bond donors (Lipinski definition) is 1. The van der Waals surface area contributed by atoms with E-state index in [0.29, 0.717) is 10.8 Å². The number of aliphatic hydroxyl groups is 1. The Bertz CT molecular complexity index is 1100. The Morgan fingerprint density at radius 3 is 2.60 bits per heavy atom. The van der Waals surface area contributed by atoms with Crippen LogP contribution in [0.15, 0.2) is 35.6 Å². The summed E-state index contributed by atoms with van der Waals surface area (Å²) in [7, 11) is 0. The quantitative estimate of drug-likeness (QED) is 0.574. The molecule has 30 heavy (non-hydrogen) atoms. The van der Waals surface area contributed by atoms with Gasteiger partial charge in [-0.25, -0.2) is 0 Å². The summed E-state index contributed by atoms with van der Waals surface area (Å²) in [4.78, 5) is 6.31. The molecule has 0 saturated heterocycles. The molecule has 0 amide bonds. The van der Waals surface area contributed by atoms with Gasteiger partial charge in [-0.3, -0.25) is 9.56 Å². The van der Waals surface area contributed by atoms with Crippen LogP contribution in [0.1, 0.15) is 60.6 Å². The van der Waals surface area contributed by atoms with Crippen LogP contribution in [-0.2, 0) is 4.74 Å². The zero-order chi connectivity index (χ0) is 21.6. The number of aromatic nitrogens is 3. The van der Waals surface area contributed by atoms with Crippen molar-refractivity contribution < 1.29 is 9.84 Å². The number of ether oxygens (including phenoxy) is 1. The fraction of sp³-hybridized carbons (Fsp3) is 0.409. The van der Waals surface area contributed by atoms with Crippen LogP contribution in [0.25, 0.3) is 5.00 Å². The zero-order valence-corrected chi connectivity index (χ0v) is 19.3. The van der Waals surface area contributed by atoms with Crippen molar-refractivity contribution in [1.29, 1.82) is 0 Å². The lowest BCUT2D eigenvalue weighted by Crippen LogP contribution is -2.28. The monoisotopic (exact) mass is 444 g/mol. The second kappa shape index (κ2) is 7.89. The second-order valence-corrected chi connectivity index (χ2v) is 10.1. The van der Waals surface area contributed by atoms with E-state index in [1.165, 1.54) is 10.4 Å². The summed E-state index contributed by atoms with van der Waals surface area (Å²) in [5, 5.41) is 20.8. The van der Waals surface area contributed by atoms with Crippen LogP contribution in [0.3, 0.4) is 0 Å². The molecule has 2 aromatic heterocycles. The first kappa shape index (κ1) is 21.2. The van der Waals surface area contributed by atoms with Gasteiger partial charge >= 0.3 is 0 Å². The van der Waals surface area contributed by atoms with E-state index in [0.717, 1.165) is 21.8 Å². The van der Waals surface area contributed by atoms with Gasteiger partial charge in [0, 0.05) is 27.4 Å². The molecule has 1 aliphatic rings. The topological polar surface area (TPSA) is 72.5 Å². The van der Waals surface area contributed by atoms with Crippen molar-refractivity contribution in [2.75, 3.05) is 0 Å². The van der Waals surface area contributed by atoms with Crippen LogP contribution in [0.5, 0.6) is 0 Å². The number of rotatable bonds is 4. The normalized spacial score (nSPS) is 17.2. The number of nitrogens with zero attached hydrogens (tertiary/aromatic N) is 4. The van der Waals surface area contributed by atoms with Crippen LogP contribution in [0.2, 0.25) is 5.02 Å². The number of aliphatic hydroxyl groups excluding tert-OH is 1. The summed E-state index contributed by atoms with van der Waals surface area (Å²) in [6.07, 6.45) is 1.02. The molecular formula is C22H25ClN4O2S. The van der Waals surface area contributed by atoms with Gasteiger partial charge in [0.2, 0.25) is 0 Å². The first-order valence-corrected chi connectivity index (χ1v) is 11.0. The first-order valence-electron chi connectivity index (χ1n) is 9.84. The van der Waals surface area contributed by atoms with Crippen molar-refractivity contribution >= 4 is 28.6 Å². The summed E-state index contributed by atoms with van der Waals surface area (Å²) in [5.74, 6) is 0.693. The number of thiophene rings is 1. The number of aryl methyl sites for hydroxylation is 1. The van der Waals surface area contributed by atoms with Crippen LogP contribution in [0.4, 0.5) is 0 Å². The minimum absolute atomic E-state index is 0.278. The molecule has 2 unspecified atom stereocenters. The Morgan fingerprint density at radius 1 is 1.23 bits per heavy atom. The molecule has 3 heterocycles. The maximum Gasteiger partial charge on any atom is 0.163 e. The highest BCUT2D eigenvalue weighted by Crippen LogP contribution is 2.39. The van der Waals surface area contributed by atoms with Gasteiger partial charge < -0.3 is 9.84 Å². The highest BCUT2D eigenvalue weighted by molar-refractivity contribution is 7.15. The first-order chi connectivity index (χ1) is 14.1. The van der Waals surface area contributed by atoms with E-state index in [2.05, 4.69) is 24.0 Å². The lowest BCUT2D eigenvalue weighted by molar-refractivity contribution is -0.170. The number of halogens is 1. The molecule has 0 bridgehead atoms. The molecule has 8 heteroatoms. The summed E-state index contributed by atoms with van der Waals surface area (Å²) in [6, 6.07) is 7.28. The molecular weight excluding hydrogens is 420 g/mol. The van der Waals surface area contributed by atoms with Crippen molar-refractivity contribution in [3.63, 3.8) is 0 Å². The van der Waals surface area contributed by atoms with Gasteiger partial charge in [-0.2, -0.15) is 0 Å². The molecule has 0 fully saturated rings. The maximum absolute atomic E-state index is 10.6. The Kier molecular flexibility index (Phi) is 5.57. The molecule has 0 spiro atoms. The van der Waals surface area contributed by atoms with Gasteiger partial charge in [0.25, 0.3) is 0 Å². The van der Waals surface area contributed by atoms with Gasteiger partial charge in [-0.1, -0.05) is 23.7 Å². The second-order valence-electron chi connectivity index (χ2n) is 8.44. The average molecular weight is 445 g/mol. The molecule has 1 aromatic carbocycles. The molecule has 4 rings (SSSR count). The smallest absolute Gasteiger partial charge is 0.163 e. The number of hydrogen-bond acceptors (Lipinski definition) is 6. The van der Waals surface area contributed by atoms with Gasteiger partial charge in [-0.05, 0) is 52.3 Å². The van der Waals surface area contributed by atoms with Gasteiger partial charge in [0.05, 0.1) is 11.3 Å². The van der Waals surface area contributed by atoms with E-state index < -0.39 is 17.9 Å². The molecule has 0 radical (unpaired) electrons. The largest absolute Gasteiger partial charge is 0.368 e. The highest BCUT2D eigenvalue weighted by atomic mass is 35.5. The Morgan fingerprint density at radius 2 is 1.93 bits per heavy atom. The molecule has 0 aliphatic carbocycles. The van der Waals surface area contributed by atoms with E-state index in [9.17, 15) is 5.11 Å². The van der Waals surface area contributed by atoms with E-state index >= 15 is 0 Å². The molecule has 1 aliphatic heterocycles. The number of aliphatic imine (C=N–C) groups is 1. The Balaban J connectivity index is 1.86. The highest BCUT2D eigenvalue weighted by Gasteiger charge is 2.32. The van der Waals surface area contributed by atoms with Crippen LogP contribution in [-0.4, -0.2) is 37.5 Å². The summed E-state index contributed by atoms with van der Waals surface area (Å²) in [6.45, 7) is 9.96. The van der Waals surface area contributed by atoms with Crippen molar-refractivity contribution in [1.82, 2.24) is 14.8 Å². The third-order valence-corrected chi connectivity index (χ3v) is 6.47. The number of benzene rings is 1. The third kappa shape index (κ3) is 4.07. The minimum atomic E-state index is -0.977. The zero-order valence-electron chi connectivity index (χ0n) is 17.7. The van der Waals surface area contributed by atoms with Crippen molar-refractivity contribution in [2.45, 2.75) is 59.0 Å². The maximum atomic E-state index is 10.6. The van der Waals surface area contributed by atoms with Crippen molar-refractivity contribution in [2.24, 2.45) is 4.99 Å². The fourth-order valence-corrected chi connectivity index (χ4v) is 4.86. The lowest BCUT2D eigenvalue weighted by atomic mass is 9.99. The third-order valence-electron chi connectivity index (χ3n) is 5.01. The summed E-state index contributed by atoms with van der Waals surface area (Å²) >= 11 is 7.82. The van der Waals surface area contributed by atoms with E-state index in [-0.39, 0.29) is 6.42 Å². The summed E-state index contributed by atoms with van der Waals surface area (Å²) in [5.41, 5.74) is 3.61. The average Bonchev–Trinajstić information content (AvgIpc) is 3.21. The Hall–Kier alpha value is -2.06. The van der Waals surface area contributed by atoms with E-state index in [1.54, 1.807) is 17.7 Å². The predicted molar refractivity (Wildman–Crippen MR) is 120 cm³/mol. The molecule has 1 N–H and O–H groups in total. The van der Waals surface area contributed by atoms with Crippen molar-refractivity contribution in [3.05, 3.63) is 63.0 Å². The van der Waals surface area contributed by atoms with Crippen LogP contribution < -0.4 is 0 Å². The van der Waals surface area contributed by atoms with Crippen molar-refractivity contribution in [3.8, 4) is 5.00 Å². The van der Waals surface area contributed by atoms with Crippen LogP contribution in [0, 0.1) is 13.8 Å². The van der Waals surface area contributed by atoms with E-state index in [1.807, 2.05) is 49.6 Å². The van der Waals surface area contributed by atoms with Gasteiger partial charge in [0.15, 0.2) is 12.1 Å².